The number of anilines is 1. The highest BCUT2D eigenvalue weighted by Crippen LogP contribution is 2.25. The molecule has 104 valence electrons. The van der Waals surface area contributed by atoms with E-state index in [4.69, 9.17) is 11.6 Å². The molecule has 0 aliphatic carbocycles. The molecule has 0 spiro atoms. The average Bonchev–Trinajstić information content (AvgIpc) is 2.40. The predicted octanol–water partition coefficient (Wildman–Crippen LogP) is 1.73. The van der Waals surface area contributed by atoms with E-state index >= 15 is 0 Å². The second-order valence-electron chi connectivity index (χ2n) is 4.79. The van der Waals surface area contributed by atoms with E-state index < -0.39 is 0 Å². The van der Waals surface area contributed by atoms with Crippen LogP contribution in [0.25, 0.3) is 0 Å². The fourth-order valence-electron chi connectivity index (χ4n) is 2.23. The molecule has 1 amide bonds. The lowest BCUT2D eigenvalue weighted by molar-refractivity contribution is -0.129. The zero-order chi connectivity index (χ0) is 13.8. The van der Waals surface area contributed by atoms with Crippen LogP contribution in [0.4, 0.5) is 5.69 Å². The molecule has 1 aromatic carbocycles. The van der Waals surface area contributed by atoms with Crippen molar-refractivity contribution in [1.82, 2.24) is 10.2 Å². The van der Waals surface area contributed by atoms with Gasteiger partial charge in [0.2, 0.25) is 5.91 Å². The summed E-state index contributed by atoms with van der Waals surface area (Å²) in [5.41, 5.74) is 2.25. The summed E-state index contributed by atoms with van der Waals surface area (Å²) in [4.78, 5) is 15.7. The minimum Gasteiger partial charge on any atom is -0.360 e. The molecule has 1 N–H and O–H groups in total. The minimum absolute atomic E-state index is 0.163. The normalized spacial score (nSPS) is 16.1. The highest BCUT2D eigenvalue weighted by molar-refractivity contribution is 6.30. The van der Waals surface area contributed by atoms with Crippen LogP contribution < -0.4 is 10.2 Å². The maximum Gasteiger partial charge on any atom is 0.241 e. The molecular weight excluding hydrogens is 262 g/mol. The number of rotatable bonds is 4. The number of amides is 1. The Hall–Kier alpha value is -1.26. The van der Waals surface area contributed by atoms with Gasteiger partial charge in [-0.1, -0.05) is 18.5 Å². The van der Waals surface area contributed by atoms with E-state index in [1.807, 2.05) is 25.2 Å². The van der Waals surface area contributed by atoms with Gasteiger partial charge in [-0.05, 0) is 30.3 Å². The third-order valence-corrected chi connectivity index (χ3v) is 3.64. The van der Waals surface area contributed by atoms with E-state index in [0.29, 0.717) is 6.54 Å². The van der Waals surface area contributed by atoms with Crippen molar-refractivity contribution < 1.29 is 4.79 Å². The first-order chi connectivity index (χ1) is 9.11. The lowest BCUT2D eigenvalue weighted by atomic mass is 10.1. The van der Waals surface area contributed by atoms with Gasteiger partial charge in [-0.25, -0.2) is 0 Å². The summed E-state index contributed by atoms with van der Waals surface area (Å²) < 4.78 is 0. The van der Waals surface area contributed by atoms with Gasteiger partial charge in [0.05, 0.1) is 6.54 Å². The number of hydrogen-bond acceptors (Lipinski definition) is 3. The van der Waals surface area contributed by atoms with E-state index in [0.717, 1.165) is 42.5 Å². The number of carbonyl (C=O) groups is 1. The molecule has 0 radical (unpaired) electrons. The lowest BCUT2D eigenvalue weighted by Gasteiger charge is -2.34. The third kappa shape index (κ3) is 3.39. The molecule has 1 aliphatic heterocycles. The Morgan fingerprint density at radius 3 is 2.84 bits per heavy atom. The van der Waals surface area contributed by atoms with Crippen LogP contribution in [0.5, 0.6) is 0 Å². The van der Waals surface area contributed by atoms with E-state index in [2.05, 4.69) is 17.1 Å². The second kappa shape index (κ2) is 6.26. The molecule has 19 heavy (non-hydrogen) atoms. The lowest BCUT2D eigenvalue weighted by Crippen LogP contribution is -2.48. The fraction of sp³-hybridized carbons (Fsp3) is 0.500. The Morgan fingerprint density at radius 1 is 1.37 bits per heavy atom. The minimum atomic E-state index is 0.163. The van der Waals surface area contributed by atoms with Crippen LogP contribution in [0, 0.1) is 0 Å². The van der Waals surface area contributed by atoms with Gasteiger partial charge in [-0.3, -0.25) is 4.79 Å². The standard InChI is InChI=1S/C14H20ClN3O/c1-3-16-9-11-8-12(15)4-5-13(11)18-7-6-17(2)14(19)10-18/h4-5,8,16H,3,6-7,9-10H2,1-2H3. The summed E-state index contributed by atoms with van der Waals surface area (Å²) in [5.74, 6) is 0.163. The van der Waals surface area contributed by atoms with E-state index in [9.17, 15) is 4.79 Å². The van der Waals surface area contributed by atoms with Gasteiger partial charge in [0.25, 0.3) is 0 Å². The Balaban J connectivity index is 2.20. The first-order valence-electron chi connectivity index (χ1n) is 6.60. The molecule has 2 rings (SSSR count). The largest absolute Gasteiger partial charge is 0.360 e. The van der Waals surface area contributed by atoms with Crippen LogP contribution in [0.2, 0.25) is 5.02 Å². The zero-order valence-electron chi connectivity index (χ0n) is 11.4. The van der Waals surface area contributed by atoms with E-state index in [1.54, 1.807) is 4.90 Å². The smallest absolute Gasteiger partial charge is 0.241 e. The number of halogens is 1. The van der Waals surface area contributed by atoms with Crippen LogP contribution >= 0.6 is 11.6 Å². The van der Waals surface area contributed by atoms with Crippen LogP contribution in [0.1, 0.15) is 12.5 Å². The van der Waals surface area contributed by atoms with Gasteiger partial charge in [0.1, 0.15) is 0 Å². The highest BCUT2D eigenvalue weighted by Gasteiger charge is 2.22. The molecule has 0 bridgehead atoms. The summed E-state index contributed by atoms with van der Waals surface area (Å²) in [6, 6.07) is 5.87. The Labute approximate surface area is 119 Å². The summed E-state index contributed by atoms with van der Waals surface area (Å²) >= 11 is 6.07. The number of carbonyl (C=O) groups excluding carboxylic acids is 1. The van der Waals surface area contributed by atoms with Crippen molar-refractivity contribution in [2.45, 2.75) is 13.5 Å². The van der Waals surface area contributed by atoms with Crippen LogP contribution in [-0.2, 0) is 11.3 Å². The van der Waals surface area contributed by atoms with Gasteiger partial charge >= 0.3 is 0 Å². The number of nitrogens with one attached hydrogen (secondary N) is 1. The molecular formula is C14H20ClN3O. The Kier molecular flexibility index (Phi) is 4.66. The topological polar surface area (TPSA) is 35.6 Å². The molecule has 5 heteroatoms. The van der Waals surface area contributed by atoms with Crippen molar-refractivity contribution in [3.63, 3.8) is 0 Å². The molecule has 1 aromatic rings. The number of likely N-dealkylation sites (N-methyl/N-ethyl adjacent to an activating group) is 1. The molecule has 1 heterocycles. The van der Waals surface area contributed by atoms with E-state index in [1.165, 1.54) is 0 Å². The fourth-order valence-corrected chi connectivity index (χ4v) is 2.42. The molecule has 0 saturated carbocycles. The highest BCUT2D eigenvalue weighted by atomic mass is 35.5. The molecule has 0 atom stereocenters. The van der Waals surface area contributed by atoms with Crippen molar-refractivity contribution in [2.24, 2.45) is 0 Å². The zero-order valence-corrected chi connectivity index (χ0v) is 12.2. The summed E-state index contributed by atoms with van der Waals surface area (Å²) in [6.45, 7) is 5.83. The Bertz CT molecular complexity index is 464. The predicted molar refractivity (Wildman–Crippen MR) is 78.7 cm³/mol. The molecule has 4 nitrogen and oxygen atoms in total. The monoisotopic (exact) mass is 281 g/mol. The van der Waals surface area contributed by atoms with Gasteiger partial charge < -0.3 is 15.1 Å². The van der Waals surface area contributed by atoms with Crippen LogP contribution in [0.15, 0.2) is 18.2 Å². The number of hydrogen-bond donors (Lipinski definition) is 1. The van der Waals surface area contributed by atoms with Gasteiger partial charge in [0.15, 0.2) is 0 Å². The molecule has 1 aliphatic rings. The molecule has 1 saturated heterocycles. The third-order valence-electron chi connectivity index (χ3n) is 3.40. The van der Waals surface area contributed by atoms with Crippen molar-refractivity contribution in [3.05, 3.63) is 28.8 Å². The van der Waals surface area contributed by atoms with Gasteiger partial charge in [-0.15, -0.1) is 0 Å². The van der Waals surface area contributed by atoms with Crippen molar-refractivity contribution in [1.29, 1.82) is 0 Å². The van der Waals surface area contributed by atoms with Gasteiger partial charge in [0, 0.05) is 37.4 Å². The number of benzene rings is 1. The maximum atomic E-state index is 11.8. The van der Waals surface area contributed by atoms with Crippen LogP contribution in [0.3, 0.4) is 0 Å². The summed E-state index contributed by atoms with van der Waals surface area (Å²) in [5, 5.41) is 4.04. The van der Waals surface area contributed by atoms with Crippen molar-refractivity contribution >= 4 is 23.2 Å². The number of nitrogens with zero attached hydrogens (tertiary/aromatic N) is 2. The molecule has 0 aromatic heterocycles. The molecule has 0 unspecified atom stereocenters. The second-order valence-corrected chi connectivity index (χ2v) is 5.23. The van der Waals surface area contributed by atoms with E-state index in [-0.39, 0.29) is 5.91 Å². The van der Waals surface area contributed by atoms with Crippen LogP contribution in [-0.4, -0.2) is 44.0 Å². The Morgan fingerprint density at radius 2 is 2.16 bits per heavy atom. The van der Waals surface area contributed by atoms with Crippen molar-refractivity contribution in [3.8, 4) is 0 Å². The SMILES string of the molecule is CCNCc1cc(Cl)ccc1N1CCN(C)C(=O)C1. The molecule has 1 fully saturated rings. The first kappa shape index (κ1) is 14.2. The van der Waals surface area contributed by atoms with Crippen molar-refractivity contribution in [2.75, 3.05) is 38.1 Å². The number of piperazine rings is 1. The van der Waals surface area contributed by atoms with Gasteiger partial charge in [-0.2, -0.15) is 0 Å². The summed E-state index contributed by atoms with van der Waals surface area (Å²) in [6.07, 6.45) is 0. The average molecular weight is 282 g/mol. The quantitative estimate of drug-likeness (QED) is 0.913. The maximum absolute atomic E-state index is 11.8. The summed E-state index contributed by atoms with van der Waals surface area (Å²) in [7, 11) is 1.85. The first-order valence-corrected chi connectivity index (χ1v) is 6.97.